The fourth-order valence-electron chi connectivity index (χ4n) is 2.93. The second kappa shape index (κ2) is 7.71. The smallest absolute Gasteiger partial charge is 0.322 e. The SMILES string of the molecule is CCCN(Cc1cccc(O)c1)C(=O)Nc1cccc2ccccc12. The first-order valence-corrected chi connectivity index (χ1v) is 8.49. The van der Waals surface area contributed by atoms with Crippen LogP contribution in [0.1, 0.15) is 18.9 Å². The van der Waals surface area contributed by atoms with Gasteiger partial charge in [-0.3, -0.25) is 0 Å². The number of carbonyl (C=O) groups excluding carboxylic acids is 1. The van der Waals surface area contributed by atoms with Gasteiger partial charge in [-0.1, -0.05) is 55.5 Å². The largest absolute Gasteiger partial charge is 0.508 e. The van der Waals surface area contributed by atoms with E-state index < -0.39 is 0 Å². The van der Waals surface area contributed by atoms with Gasteiger partial charge in [0.2, 0.25) is 0 Å². The van der Waals surface area contributed by atoms with Crippen LogP contribution in [-0.4, -0.2) is 22.6 Å². The van der Waals surface area contributed by atoms with E-state index in [1.165, 1.54) is 0 Å². The summed E-state index contributed by atoms with van der Waals surface area (Å²) in [4.78, 5) is 14.5. The molecule has 4 nitrogen and oxygen atoms in total. The first kappa shape index (κ1) is 16.8. The molecule has 0 aromatic heterocycles. The summed E-state index contributed by atoms with van der Waals surface area (Å²) in [6.45, 7) is 3.14. The molecule has 0 saturated carbocycles. The molecule has 0 aliphatic carbocycles. The quantitative estimate of drug-likeness (QED) is 0.690. The van der Waals surface area contributed by atoms with Gasteiger partial charge in [-0.05, 0) is 35.6 Å². The third kappa shape index (κ3) is 4.10. The average molecular weight is 334 g/mol. The molecule has 0 spiro atoms. The number of anilines is 1. The van der Waals surface area contributed by atoms with Crippen molar-refractivity contribution in [1.82, 2.24) is 4.90 Å². The van der Waals surface area contributed by atoms with E-state index in [2.05, 4.69) is 5.32 Å². The van der Waals surface area contributed by atoms with Gasteiger partial charge in [-0.15, -0.1) is 0 Å². The summed E-state index contributed by atoms with van der Waals surface area (Å²) in [6, 6.07) is 20.8. The number of nitrogens with zero attached hydrogens (tertiary/aromatic N) is 1. The standard InChI is InChI=1S/C21H22N2O2/c1-2-13-23(15-16-7-5-10-18(24)14-16)21(25)22-20-12-6-9-17-8-3-4-11-19(17)20/h3-12,14,24H,2,13,15H2,1H3,(H,22,25). The highest BCUT2D eigenvalue weighted by Crippen LogP contribution is 2.23. The summed E-state index contributed by atoms with van der Waals surface area (Å²) in [5, 5.41) is 14.8. The van der Waals surface area contributed by atoms with Crippen LogP contribution in [0.3, 0.4) is 0 Å². The Morgan fingerprint density at radius 1 is 1.04 bits per heavy atom. The minimum Gasteiger partial charge on any atom is -0.508 e. The van der Waals surface area contributed by atoms with Gasteiger partial charge in [0.15, 0.2) is 0 Å². The summed E-state index contributed by atoms with van der Waals surface area (Å²) >= 11 is 0. The molecule has 0 aliphatic rings. The van der Waals surface area contributed by atoms with Crippen LogP contribution < -0.4 is 5.32 Å². The van der Waals surface area contributed by atoms with E-state index in [9.17, 15) is 9.90 Å². The van der Waals surface area contributed by atoms with Gasteiger partial charge in [0.05, 0.1) is 5.69 Å². The lowest BCUT2D eigenvalue weighted by Crippen LogP contribution is -2.35. The van der Waals surface area contributed by atoms with Crippen molar-refractivity contribution in [2.45, 2.75) is 19.9 Å². The van der Waals surface area contributed by atoms with Gasteiger partial charge in [0, 0.05) is 18.5 Å². The van der Waals surface area contributed by atoms with Crippen LogP contribution in [0.4, 0.5) is 10.5 Å². The Morgan fingerprint density at radius 3 is 2.60 bits per heavy atom. The van der Waals surface area contributed by atoms with E-state index >= 15 is 0 Å². The summed E-state index contributed by atoms with van der Waals surface area (Å²) < 4.78 is 0. The molecule has 0 radical (unpaired) electrons. The number of urea groups is 1. The normalized spacial score (nSPS) is 10.6. The Hall–Kier alpha value is -3.01. The van der Waals surface area contributed by atoms with Gasteiger partial charge in [0.1, 0.15) is 5.75 Å². The second-order valence-corrected chi connectivity index (χ2v) is 6.05. The predicted octanol–water partition coefficient (Wildman–Crippen LogP) is 4.99. The number of phenols is 1. The number of carbonyl (C=O) groups is 1. The van der Waals surface area contributed by atoms with Crippen LogP contribution in [-0.2, 0) is 6.54 Å². The third-order valence-corrected chi connectivity index (χ3v) is 4.10. The second-order valence-electron chi connectivity index (χ2n) is 6.05. The number of rotatable bonds is 5. The Bertz CT molecular complexity index is 871. The Kier molecular flexibility index (Phi) is 5.19. The number of benzene rings is 3. The molecule has 0 bridgehead atoms. The molecule has 25 heavy (non-hydrogen) atoms. The van der Waals surface area contributed by atoms with E-state index in [1.54, 1.807) is 23.1 Å². The number of phenolic OH excluding ortho intramolecular Hbond substituents is 1. The summed E-state index contributed by atoms with van der Waals surface area (Å²) in [5.74, 6) is 0.211. The van der Waals surface area contributed by atoms with Crippen LogP contribution in [0.2, 0.25) is 0 Å². The monoisotopic (exact) mass is 334 g/mol. The van der Waals surface area contributed by atoms with Crippen molar-refractivity contribution in [3.63, 3.8) is 0 Å². The van der Waals surface area contributed by atoms with Crippen molar-refractivity contribution in [2.24, 2.45) is 0 Å². The first-order chi connectivity index (χ1) is 12.2. The lowest BCUT2D eigenvalue weighted by Gasteiger charge is -2.23. The zero-order valence-electron chi connectivity index (χ0n) is 14.3. The Balaban J connectivity index is 1.80. The van der Waals surface area contributed by atoms with Gasteiger partial charge in [0.25, 0.3) is 0 Å². The van der Waals surface area contributed by atoms with E-state index in [0.29, 0.717) is 13.1 Å². The van der Waals surface area contributed by atoms with Crippen LogP contribution in [0.25, 0.3) is 10.8 Å². The van der Waals surface area contributed by atoms with Gasteiger partial charge >= 0.3 is 6.03 Å². The molecule has 0 saturated heterocycles. The molecule has 0 unspecified atom stereocenters. The minimum atomic E-state index is -0.137. The number of amides is 2. The predicted molar refractivity (Wildman–Crippen MR) is 102 cm³/mol. The maximum atomic E-state index is 12.8. The summed E-state index contributed by atoms with van der Waals surface area (Å²) in [7, 11) is 0. The van der Waals surface area contributed by atoms with Crippen LogP contribution in [0.5, 0.6) is 5.75 Å². The average Bonchev–Trinajstić information content (AvgIpc) is 2.62. The summed E-state index contributed by atoms with van der Waals surface area (Å²) in [5.41, 5.74) is 1.71. The van der Waals surface area contributed by atoms with Crippen molar-refractivity contribution in [1.29, 1.82) is 0 Å². The summed E-state index contributed by atoms with van der Waals surface area (Å²) in [6.07, 6.45) is 0.863. The fourth-order valence-corrected chi connectivity index (χ4v) is 2.93. The molecule has 128 valence electrons. The number of hydrogen-bond acceptors (Lipinski definition) is 2. The zero-order chi connectivity index (χ0) is 17.6. The van der Waals surface area contributed by atoms with Crippen molar-refractivity contribution >= 4 is 22.5 Å². The zero-order valence-corrected chi connectivity index (χ0v) is 14.3. The number of aromatic hydroxyl groups is 1. The molecule has 3 aromatic carbocycles. The Labute approximate surface area is 147 Å². The molecule has 0 atom stereocenters. The van der Waals surface area contributed by atoms with Crippen molar-refractivity contribution in [3.05, 3.63) is 72.3 Å². The molecule has 0 heterocycles. The minimum absolute atomic E-state index is 0.137. The molecule has 4 heteroatoms. The van der Waals surface area contributed by atoms with E-state index in [4.69, 9.17) is 0 Å². The lowest BCUT2D eigenvalue weighted by atomic mass is 10.1. The van der Waals surface area contributed by atoms with Crippen molar-refractivity contribution in [3.8, 4) is 5.75 Å². The topological polar surface area (TPSA) is 52.6 Å². The highest BCUT2D eigenvalue weighted by molar-refractivity contribution is 6.01. The van der Waals surface area contributed by atoms with Gasteiger partial charge < -0.3 is 15.3 Å². The lowest BCUT2D eigenvalue weighted by molar-refractivity contribution is 0.209. The fraction of sp³-hybridized carbons (Fsp3) is 0.190. The van der Waals surface area contributed by atoms with Crippen LogP contribution >= 0.6 is 0 Å². The Morgan fingerprint density at radius 2 is 1.80 bits per heavy atom. The molecule has 0 fully saturated rings. The maximum Gasteiger partial charge on any atom is 0.322 e. The van der Waals surface area contributed by atoms with Crippen molar-refractivity contribution < 1.29 is 9.90 Å². The highest BCUT2D eigenvalue weighted by atomic mass is 16.3. The number of fused-ring (bicyclic) bond motifs is 1. The molecule has 2 N–H and O–H groups in total. The van der Waals surface area contributed by atoms with E-state index in [1.807, 2.05) is 55.5 Å². The third-order valence-electron chi connectivity index (χ3n) is 4.10. The molecule has 0 aliphatic heterocycles. The molecule has 3 aromatic rings. The molecule has 2 amide bonds. The molecular formula is C21H22N2O2. The van der Waals surface area contributed by atoms with E-state index in [0.717, 1.165) is 28.4 Å². The van der Waals surface area contributed by atoms with Crippen molar-refractivity contribution in [2.75, 3.05) is 11.9 Å². The van der Waals surface area contributed by atoms with Gasteiger partial charge in [-0.25, -0.2) is 4.79 Å². The van der Waals surface area contributed by atoms with Gasteiger partial charge in [-0.2, -0.15) is 0 Å². The van der Waals surface area contributed by atoms with E-state index in [-0.39, 0.29) is 11.8 Å². The van der Waals surface area contributed by atoms with Crippen LogP contribution in [0.15, 0.2) is 66.7 Å². The molecule has 3 rings (SSSR count). The number of nitrogens with one attached hydrogen (secondary N) is 1. The first-order valence-electron chi connectivity index (χ1n) is 8.49. The maximum absolute atomic E-state index is 12.8. The van der Waals surface area contributed by atoms with Crippen LogP contribution in [0, 0.1) is 0 Å². The highest BCUT2D eigenvalue weighted by Gasteiger charge is 2.14. The molecular weight excluding hydrogens is 312 g/mol. The number of hydrogen-bond donors (Lipinski definition) is 2.